The molecule has 0 fully saturated rings. The van der Waals surface area contributed by atoms with Crippen LogP contribution in [0, 0.1) is 0 Å². The number of oxime groups is 1. The van der Waals surface area contributed by atoms with Crippen molar-refractivity contribution in [3.8, 4) is 0 Å². The molecule has 0 radical (unpaired) electrons. The van der Waals surface area contributed by atoms with E-state index in [1.165, 1.54) is 0 Å². The van der Waals surface area contributed by atoms with Crippen molar-refractivity contribution in [1.29, 1.82) is 0 Å². The second kappa shape index (κ2) is 7.41. The molecule has 0 spiro atoms. The van der Waals surface area contributed by atoms with Crippen LogP contribution in [0.4, 0.5) is 5.69 Å². The standard InChI is InChI=1S/C18H17N3O3/c22-17(20-14-9-5-2-6-10-14)15-11-16(24-21-15)18(23)19-12-13-7-3-1-4-8-13/h1-10,16H,11-12H2,(H,19,23)(H,20,22). The van der Waals surface area contributed by atoms with Crippen LogP contribution in [0.1, 0.15) is 12.0 Å². The summed E-state index contributed by atoms with van der Waals surface area (Å²) in [6.45, 7) is 0.408. The average molecular weight is 323 g/mol. The maximum atomic E-state index is 12.1. The molecule has 2 amide bonds. The molecule has 2 aromatic carbocycles. The molecule has 1 aliphatic rings. The number of nitrogens with zero attached hydrogens (tertiary/aromatic N) is 1. The van der Waals surface area contributed by atoms with Crippen LogP contribution in [0.3, 0.4) is 0 Å². The molecular weight excluding hydrogens is 306 g/mol. The van der Waals surface area contributed by atoms with E-state index in [-0.39, 0.29) is 23.9 Å². The Kier molecular flexibility index (Phi) is 4.86. The Labute approximate surface area is 139 Å². The SMILES string of the molecule is O=C(Nc1ccccc1)C1=NOC(C(=O)NCc2ccccc2)C1. The lowest BCUT2D eigenvalue weighted by molar-refractivity contribution is -0.131. The first kappa shape index (κ1) is 15.7. The van der Waals surface area contributed by atoms with E-state index in [4.69, 9.17) is 4.84 Å². The van der Waals surface area contributed by atoms with Gasteiger partial charge in [-0.25, -0.2) is 0 Å². The van der Waals surface area contributed by atoms with Gasteiger partial charge in [-0.15, -0.1) is 0 Å². The summed E-state index contributed by atoms with van der Waals surface area (Å²) < 4.78 is 0. The maximum absolute atomic E-state index is 12.1. The number of carbonyl (C=O) groups excluding carboxylic acids is 2. The van der Waals surface area contributed by atoms with Crippen molar-refractivity contribution in [3.63, 3.8) is 0 Å². The van der Waals surface area contributed by atoms with E-state index in [2.05, 4.69) is 15.8 Å². The fourth-order valence-electron chi connectivity index (χ4n) is 2.28. The first-order valence-corrected chi connectivity index (χ1v) is 7.63. The molecule has 2 aromatic rings. The van der Waals surface area contributed by atoms with Gasteiger partial charge in [-0.2, -0.15) is 0 Å². The highest BCUT2D eigenvalue weighted by Crippen LogP contribution is 2.13. The zero-order chi connectivity index (χ0) is 16.8. The number of nitrogens with one attached hydrogen (secondary N) is 2. The predicted octanol–water partition coefficient (Wildman–Crippen LogP) is 2.09. The highest BCUT2D eigenvalue weighted by atomic mass is 16.6. The minimum absolute atomic E-state index is 0.152. The quantitative estimate of drug-likeness (QED) is 0.884. The minimum atomic E-state index is -0.773. The van der Waals surface area contributed by atoms with Gasteiger partial charge in [0.2, 0.25) is 6.10 Å². The molecule has 3 rings (SSSR count). The molecule has 1 aliphatic heterocycles. The molecule has 1 unspecified atom stereocenters. The molecule has 0 bridgehead atoms. The number of anilines is 1. The Balaban J connectivity index is 1.49. The Morgan fingerprint density at radius 1 is 1.04 bits per heavy atom. The fourth-order valence-corrected chi connectivity index (χ4v) is 2.28. The highest BCUT2D eigenvalue weighted by Gasteiger charge is 2.31. The molecule has 0 saturated carbocycles. The van der Waals surface area contributed by atoms with E-state index in [0.717, 1.165) is 5.56 Å². The zero-order valence-electron chi connectivity index (χ0n) is 12.9. The highest BCUT2D eigenvalue weighted by molar-refractivity contribution is 6.43. The second-order valence-electron chi connectivity index (χ2n) is 5.36. The lowest BCUT2D eigenvalue weighted by Crippen LogP contribution is -2.35. The van der Waals surface area contributed by atoms with Crippen molar-refractivity contribution in [1.82, 2.24) is 5.32 Å². The summed E-state index contributed by atoms with van der Waals surface area (Å²) in [5.74, 6) is -0.648. The number of amides is 2. The van der Waals surface area contributed by atoms with Gasteiger partial charge in [0, 0.05) is 18.7 Å². The van der Waals surface area contributed by atoms with Gasteiger partial charge in [-0.3, -0.25) is 9.59 Å². The number of para-hydroxylation sites is 1. The van der Waals surface area contributed by atoms with Gasteiger partial charge in [-0.05, 0) is 17.7 Å². The fraction of sp³-hybridized carbons (Fsp3) is 0.167. The average Bonchev–Trinajstić information content (AvgIpc) is 3.12. The van der Waals surface area contributed by atoms with E-state index in [1.54, 1.807) is 12.1 Å². The van der Waals surface area contributed by atoms with E-state index < -0.39 is 6.10 Å². The number of carbonyl (C=O) groups is 2. The van der Waals surface area contributed by atoms with Gasteiger partial charge in [0.05, 0.1) is 0 Å². The summed E-state index contributed by atoms with van der Waals surface area (Å²) in [5, 5.41) is 9.23. The zero-order valence-corrected chi connectivity index (χ0v) is 12.9. The normalized spacial score (nSPS) is 16.0. The molecule has 0 aromatic heterocycles. The van der Waals surface area contributed by atoms with E-state index in [0.29, 0.717) is 12.2 Å². The molecule has 6 nitrogen and oxygen atoms in total. The van der Waals surface area contributed by atoms with Gasteiger partial charge in [-0.1, -0.05) is 53.7 Å². The monoisotopic (exact) mass is 323 g/mol. The Bertz CT molecular complexity index is 745. The first-order chi connectivity index (χ1) is 11.7. The van der Waals surface area contributed by atoms with E-state index in [9.17, 15) is 9.59 Å². The van der Waals surface area contributed by atoms with Crippen molar-refractivity contribution in [2.45, 2.75) is 19.1 Å². The van der Waals surface area contributed by atoms with Crippen molar-refractivity contribution >= 4 is 23.2 Å². The number of rotatable bonds is 5. The molecule has 122 valence electrons. The lowest BCUT2D eigenvalue weighted by atomic mass is 10.1. The van der Waals surface area contributed by atoms with Crippen molar-refractivity contribution in [2.24, 2.45) is 5.16 Å². The summed E-state index contributed by atoms with van der Waals surface area (Å²) in [7, 11) is 0. The maximum Gasteiger partial charge on any atom is 0.273 e. The Morgan fingerprint density at radius 3 is 2.42 bits per heavy atom. The minimum Gasteiger partial charge on any atom is -0.382 e. The molecule has 1 heterocycles. The number of hydrogen-bond acceptors (Lipinski definition) is 4. The van der Waals surface area contributed by atoms with Gasteiger partial charge < -0.3 is 15.5 Å². The van der Waals surface area contributed by atoms with Gasteiger partial charge in [0.1, 0.15) is 5.71 Å². The molecule has 1 atom stereocenters. The van der Waals surface area contributed by atoms with Gasteiger partial charge >= 0.3 is 0 Å². The third-order valence-corrected chi connectivity index (χ3v) is 3.56. The third-order valence-electron chi connectivity index (χ3n) is 3.56. The summed E-state index contributed by atoms with van der Waals surface area (Å²) >= 11 is 0. The summed E-state index contributed by atoms with van der Waals surface area (Å²) in [6.07, 6.45) is -0.621. The van der Waals surface area contributed by atoms with Crippen molar-refractivity contribution in [3.05, 3.63) is 66.2 Å². The second-order valence-corrected chi connectivity index (χ2v) is 5.36. The third kappa shape index (κ3) is 3.98. The molecule has 24 heavy (non-hydrogen) atoms. The van der Waals surface area contributed by atoms with Crippen LogP contribution in [0.25, 0.3) is 0 Å². The molecule has 0 saturated heterocycles. The largest absolute Gasteiger partial charge is 0.382 e. The van der Waals surface area contributed by atoms with Crippen LogP contribution >= 0.6 is 0 Å². The van der Waals surface area contributed by atoms with E-state index >= 15 is 0 Å². The van der Waals surface area contributed by atoms with Crippen molar-refractivity contribution < 1.29 is 14.4 Å². The van der Waals surface area contributed by atoms with Crippen molar-refractivity contribution in [2.75, 3.05) is 5.32 Å². The molecule has 0 aliphatic carbocycles. The number of benzene rings is 2. The summed E-state index contributed by atoms with van der Waals surface area (Å²) in [6, 6.07) is 18.6. The molecule has 6 heteroatoms. The summed E-state index contributed by atoms with van der Waals surface area (Å²) in [5.41, 5.74) is 1.87. The van der Waals surface area contributed by atoms with Crippen LogP contribution in [-0.4, -0.2) is 23.6 Å². The number of hydrogen-bond donors (Lipinski definition) is 2. The van der Waals surface area contributed by atoms with Crippen LogP contribution in [-0.2, 0) is 21.0 Å². The molecule has 2 N–H and O–H groups in total. The first-order valence-electron chi connectivity index (χ1n) is 7.63. The Morgan fingerprint density at radius 2 is 1.71 bits per heavy atom. The smallest absolute Gasteiger partial charge is 0.273 e. The topological polar surface area (TPSA) is 79.8 Å². The predicted molar refractivity (Wildman–Crippen MR) is 90.3 cm³/mol. The van der Waals surface area contributed by atoms with Gasteiger partial charge in [0.15, 0.2) is 0 Å². The summed E-state index contributed by atoms with van der Waals surface area (Å²) in [4.78, 5) is 29.3. The van der Waals surface area contributed by atoms with E-state index in [1.807, 2.05) is 48.5 Å². The van der Waals surface area contributed by atoms with Crippen LogP contribution < -0.4 is 10.6 Å². The van der Waals surface area contributed by atoms with Crippen LogP contribution in [0.2, 0.25) is 0 Å². The van der Waals surface area contributed by atoms with Gasteiger partial charge in [0.25, 0.3) is 11.8 Å². The van der Waals surface area contributed by atoms with Crippen LogP contribution in [0.15, 0.2) is 65.8 Å². The molecular formula is C18H17N3O3. The lowest BCUT2D eigenvalue weighted by Gasteiger charge is -2.09. The van der Waals surface area contributed by atoms with Crippen LogP contribution in [0.5, 0.6) is 0 Å². The Hall–Kier alpha value is -3.15.